The Morgan fingerprint density at radius 1 is 1.89 bits per heavy atom. The number of rotatable bonds is 1. The van der Waals surface area contributed by atoms with Gasteiger partial charge in [-0.15, -0.1) is 0 Å². The van der Waals surface area contributed by atoms with Gasteiger partial charge in [0.2, 0.25) is 0 Å². The second-order valence-corrected chi connectivity index (χ2v) is 2.21. The summed E-state index contributed by atoms with van der Waals surface area (Å²) in [6.45, 7) is 0. The summed E-state index contributed by atoms with van der Waals surface area (Å²) < 4.78 is 0. The number of halogens is 1. The summed E-state index contributed by atoms with van der Waals surface area (Å²) in [6, 6.07) is 0. The third-order valence-corrected chi connectivity index (χ3v) is 1.53. The highest BCUT2D eigenvalue weighted by atomic mass is 35.5. The molecule has 0 spiro atoms. The van der Waals surface area contributed by atoms with Crippen LogP contribution in [0.3, 0.4) is 0 Å². The van der Waals surface area contributed by atoms with Gasteiger partial charge in [-0.25, -0.2) is 0 Å². The molecule has 0 bridgehead atoms. The number of carbonyl (C=O) groups excluding carboxylic acids is 1. The van der Waals surface area contributed by atoms with Crippen LogP contribution in [0.25, 0.3) is 0 Å². The standard InChI is InChI=1S/C7H5ClO/c8-7-4-2-1-3-6(7)5-9/h1,5-6H,3H2. The third-order valence-electron chi connectivity index (χ3n) is 1.16. The van der Waals surface area contributed by atoms with E-state index < -0.39 is 0 Å². The molecule has 2 heteroatoms. The molecular formula is C7H5ClO. The first kappa shape index (κ1) is 6.38. The molecule has 0 aromatic heterocycles. The van der Waals surface area contributed by atoms with E-state index in [0.717, 1.165) is 6.29 Å². The second kappa shape index (κ2) is 2.70. The van der Waals surface area contributed by atoms with Gasteiger partial charge in [-0.2, -0.15) is 0 Å². The van der Waals surface area contributed by atoms with Crippen molar-refractivity contribution in [1.82, 2.24) is 0 Å². The summed E-state index contributed by atoms with van der Waals surface area (Å²) >= 11 is 5.57. The Morgan fingerprint density at radius 3 is 3.11 bits per heavy atom. The van der Waals surface area contributed by atoms with E-state index in [1.54, 1.807) is 6.08 Å². The van der Waals surface area contributed by atoms with Crippen LogP contribution < -0.4 is 0 Å². The highest BCUT2D eigenvalue weighted by Gasteiger charge is 2.10. The van der Waals surface area contributed by atoms with Crippen molar-refractivity contribution < 1.29 is 4.79 Å². The monoisotopic (exact) mass is 140 g/mol. The average Bonchev–Trinajstić information content (AvgIpc) is 1.89. The highest BCUT2D eigenvalue weighted by Crippen LogP contribution is 2.17. The second-order valence-electron chi connectivity index (χ2n) is 1.80. The normalized spacial score (nSPS) is 23.7. The van der Waals surface area contributed by atoms with Crippen molar-refractivity contribution in [2.24, 2.45) is 5.92 Å². The van der Waals surface area contributed by atoms with Crippen molar-refractivity contribution in [2.75, 3.05) is 0 Å². The smallest absolute Gasteiger partial charge is 0.129 e. The van der Waals surface area contributed by atoms with Crippen LogP contribution in [0.15, 0.2) is 22.6 Å². The van der Waals surface area contributed by atoms with Crippen LogP contribution in [0.4, 0.5) is 0 Å². The maximum Gasteiger partial charge on any atom is 0.129 e. The van der Waals surface area contributed by atoms with Crippen LogP contribution in [-0.2, 0) is 4.79 Å². The third kappa shape index (κ3) is 1.34. The molecule has 0 radical (unpaired) electrons. The zero-order valence-corrected chi connectivity index (χ0v) is 5.48. The maximum atomic E-state index is 10.2. The van der Waals surface area contributed by atoms with Crippen LogP contribution in [0.2, 0.25) is 0 Å². The molecule has 0 amide bonds. The van der Waals surface area contributed by atoms with Crippen LogP contribution in [0, 0.1) is 5.92 Å². The quantitative estimate of drug-likeness (QED) is 0.400. The predicted octanol–water partition coefficient (Wildman–Crippen LogP) is 1.64. The fraction of sp³-hybridized carbons (Fsp3) is 0.286. The van der Waals surface area contributed by atoms with E-state index in [1.807, 2.05) is 0 Å². The minimum Gasteiger partial charge on any atom is -0.303 e. The molecule has 0 saturated heterocycles. The lowest BCUT2D eigenvalue weighted by Crippen LogP contribution is -2.00. The number of aldehydes is 1. The van der Waals surface area contributed by atoms with Crippen molar-refractivity contribution in [1.29, 1.82) is 0 Å². The Hall–Kier alpha value is -0.740. The summed E-state index contributed by atoms with van der Waals surface area (Å²) in [6.07, 6.45) is 3.24. The summed E-state index contributed by atoms with van der Waals surface area (Å²) in [5.74, 6) is -0.173. The van der Waals surface area contributed by atoms with Crippen LogP contribution in [-0.4, -0.2) is 6.29 Å². The summed E-state index contributed by atoms with van der Waals surface area (Å²) in [5, 5.41) is 0.465. The van der Waals surface area contributed by atoms with Crippen LogP contribution in [0.1, 0.15) is 6.42 Å². The zero-order valence-electron chi connectivity index (χ0n) is 4.73. The van der Waals surface area contributed by atoms with Gasteiger partial charge >= 0.3 is 0 Å². The van der Waals surface area contributed by atoms with E-state index in [1.165, 1.54) is 0 Å². The van der Waals surface area contributed by atoms with Gasteiger partial charge in [0.25, 0.3) is 0 Å². The van der Waals surface area contributed by atoms with E-state index in [0.29, 0.717) is 11.5 Å². The Kier molecular flexibility index (Phi) is 1.92. The zero-order chi connectivity index (χ0) is 6.69. The number of carbonyl (C=O) groups is 1. The Balaban J connectivity index is 2.91. The molecular weight excluding hydrogens is 136 g/mol. The molecule has 0 saturated carbocycles. The van der Waals surface area contributed by atoms with Crippen molar-refractivity contribution >= 4 is 17.9 Å². The topological polar surface area (TPSA) is 17.1 Å². The largest absolute Gasteiger partial charge is 0.303 e. The van der Waals surface area contributed by atoms with Gasteiger partial charge in [0.05, 0.1) is 11.0 Å². The van der Waals surface area contributed by atoms with Gasteiger partial charge in [0.15, 0.2) is 0 Å². The average molecular weight is 141 g/mol. The predicted molar refractivity (Wildman–Crippen MR) is 35.1 cm³/mol. The molecule has 0 aliphatic heterocycles. The van der Waals surface area contributed by atoms with E-state index in [9.17, 15) is 4.79 Å². The van der Waals surface area contributed by atoms with Gasteiger partial charge in [-0.3, -0.25) is 0 Å². The van der Waals surface area contributed by atoms with E-state index in [-0.39, 0.29) is 5.92 Å². The molecule has 1 aliphatic rings. The Labute approximate surface area is 58.3 Å². The molecule has 0 heterocycles. The molecule has 9 heavy (non-hydrogen) atoms. The molecule has 0 fully saturated rings. The summed E-state index contributed by atoms with van der Waals surface area (Å²) in [7, 11) is 0. The molecule has 1 nitrogen and oxygen atoms in total. The van der Waals surface area contributed by atoms with Gasteiger partial charge in [0, 0.05) is 0 Å². The molecule has 0 aromatic carbocycles. The highest BCUT2D eigenvalue weighted by molar-refractivity contribution is 6.30. The minimum absolute atomic E-state index is 0.173. The molecule has 1 unspecified atom stereocenters. The fourth-order valence-electron chi connectivity index (χ4n) is 0.617. The number of hydrogen-bond acceptors (Lipinski definition) is 1. The first-order valence-corrected chi connectivity index (χ1v) is 3.03. The van der Waals surface area contributed by atoms with Gasteiger partial charge in [0.1, 0.15) is 6.29 Å². The van der Waals surface area contributed by atoms with Gasteiger partial charge < -0.3 is 4.79 Å². The maximum absolute atomic E-state index is 10.2. The van der Waals surface area contributed by atoms with E-state index >= 15 is 0 Å². The summed E-state index contributed by atoms with van der Waals surface area (Å²) in [4.78, 5) is 10.2. The lowest BCUT2D eigenvalue weighted by atomic mass is 10.1. The summed E-state index contributed by atoms with van der Waals surface area (Å²) in [5.41, 5.74) is 5.32. The Bertz CT molecular complexity index is 217. The molecule has 1 aliphatic carbocycles. The minimum atomic E-state index is -0.173. The van der Waals surface area contributed by atoms with Crippen molar-refractivity contribution in [3.63, 3.8) is 0 Å². The lowest BCUT2D eigenvalue weighted by Gasteiger charge is -2.02. The van der Waals surface area contributed by atoms with E-state index in [4.69, 9.17) is 11.6 Å². The van der Waals surface area contributed by atoms with Crippen molar-refractivity contribution in [2.45, 2.75) is 6.42 Å². The molecule has 0 aromatic rings. The van der Waals surface area contributed by atoms with E-state index in [2.05, 4.69) is 11.5 Å². The molecule has 46 valence electrons. The molecule has 0 N–H and O–H groups in total. The number of allylic oxidation sites excluding steroid dienone is 2. The lowest BCUT2D eigenvalue weighted by molar-refractivity contribution is -0.109. The Morgan fingerprint density at radius 2 is 2.67 bits per heavy atom. The first-order chi connectivity index (χ1) is 4.34. The first-order valence-electron chi connectivity index (χ1n) is 2.65. The van der Waals surface area contributed by atoms with Crippen LogP contribution in [0.5, 0.6) is 0 Å². The fourth-order valence-corrected chi connectivity index (χ4v) is 0.812. The van der Waals surface area contributed by atoms with Gasteiger partial charge in [-0.1, -0.05) is 23.1 Å². The molecule has 1 rings (SSSR count). The van der Waals surface area contributed by atoms with Gasteiger partial charge in [-0.05, 0) is 12.5 Å². The molecule has 1 atom stereocenters. The van der Waals surface area contributed by atoms with Crippen molar-refractivity contribution in [3.8, 4) is 0 Å². The van der Waals surface area contributed by atoms with Crippen LogP contribution >= 0.6 is 11.6 Å². The SMILES string of the molecule is O=CC1CC=C=C=C1Cl. The van der Waals surface area contributed by atoms with Crippen molar-refractivity contribution in [3.05, 3.63) is 22.6 Å². The number of hydrogen-bond donors (Lipinski definition) is 0.